The third kappa shape index (κ3) is 3.76. The molecule has 4 bridgehead atoms. The minimum atomic E-state index is 0.669. The first-order valence-corrected chi connectivity index (χ1v) is 14.7. The van der Waals surface area contributed by atoms with Gasteiger partial charge in [0.2, 0.25) is 0 Å². The Hall–Kier alpha value is -0.600. The Labute approximate surface area is 211 Å². The SMILES string of the molecule is CC1CC2CCCC(C2)c2cc(Br)c(-c3cc4c(cc3Br)C3CCCC(CC4C)C3)cc21. The van der Waals surface area contributed by atoms with Crippen molar-refractivity contribution in [2.75, 3.05) is 0 Å². The smallest absolute Gasteiger partial charge is 0.0257 e. The molecule has 0 nitrogen and oxygen atoms in total. The normalized spacial score (nSPS) is 33.6. The van der Waals surface area contributed by atoms with Crippen LogP contribution < -0.4 is 0 Å². The Bertz CT molecular complexity index is 954. The van der Waals surface area contributed by atoms with Gasteiger partial charge in [-0.3, -0.25) is 0 Å². The molecule has 6 atom stereocenters. The standard InChI is InChI=1S/C30H36Br2/c1-17-9-19-5-3-7-21(11-19)25-15-29(31)27(13-23(17)25)28-14-24-18(2)10-20-6-4-8-22(12-20)26(24)16-30(28)32/h13-22H,3-12H2,1-2H3. The largest absolute Gasteiger partial charge is 0.0584 e. The van der Waals surface area contributed by atoms with Gasteiger partial charge >= 0.3 is 0 Å². The lowest BCUT2D eigenvalue weighted by atomic mass is 9.78. The van der Waals surface area contributed by atoms with Gasteiger partial charge in [-0.25, -0.2) is 0 Å². The van der Waals surface area contributed by atoms with Gasteiger partial charge in [0.05, 0.1) is 0 Å². The van der Waals surface area contributed by atoms with Gasteiger partial charge in [-0.1, -0.05) is 71.4 Å². The van der Waals surface area contributed by atoms with Crippen LogP contribution in [0.4, 0.5) is 0 Å². The van der Waals surface area contributed by atoms with Gasteiger partial charge in [0, 0.05) is 8.95 Å². The highest BCUT2D eigenvalue weighted by Gasteiger charge is 2.34. The van der Waals surface area contributed by atoms with E-state index in [1.54, 1.807) is 22.3 Å². The van der Waals surface area contributed by atoms with Gasteiger partial charge < -0.3 is 0 Å². The van der Waals surface area contributed by atoms with Gasteiger partial charge in [0.15, 0.2) is 0 Å². The molecule has 2 saturated carbocycles. The predicted molar refractivity (Wildman–Crippen MR) is 143 cm³/mol. The lowest BCUT2D eigenvalue weighted by Crippen LogP contribution is -2.12. The Balaban J connectivity index is 1.47. The molecule has 32 heavy (non-hydrogen) atoms. The summed E-state index contributed by atoms with van der Waals surface area (Å²) in [5.74, 6) is 4.74. The second kappa shape index (κ2) is 8.56. The van der Waals surface area contributed by atoms with Crippen LogP contribution in [0.1, 0.15) is 124 Å². The zero-order chi connectivity index (χ0) is 22.0. The zero-order valence-corrected chi connectivity index (χ0v) is 22.8. The van der Waals surface area contributed by atoms with Crippen LogP contribution in [0.5, 0.6) is 0 Å². The molecule has 4 aliphatic carbocycles. The molecule has 0 N–H and O–H groups in total. The molecular formula is C30H36Br2. The van der Waals surface area contributed by atoms with E-state index in [1.165, 1.54) is 84.3 Å². The van der Waals surface area contributed by atoms with Crippen molar-refractivity contribution in [1.29, 1.82) is 0 Å². The van der Waals surface area contributed by atoms with Gasteiger partial charge in [-0.05, 0) is 132 Å². The summed E-state index contributed by atoms with van der Waals surface area (Å²) in [6.45, 7) is 4.96. The Kier molecular flexibility index (Phi) is 5.86. The molecule has 0 spiro atoms. The number of halogens is 2. The van der Waals surface area contributed by atoms with Crippen molar-refractivity contribution in [2.45, 2.75) is 102 Å². The maximum atomic E-state index is 4.03. The van der Waals surface area contributed by atoms with E-state index in [9.17, 15) is 0 Å². The topological polar surface area (TPSA) is 0 Å². The summed E-state index contributed by atoms with van der Waals surface area (Å²) >= 11 is 8.06. The van der Waals surface area contributed by atoms with E-state index in [4.69, 9.17) is 0 Å². The van der Waals surface area contributed by atoms with E-state index < -0.39 is 0 Å². The molecule has 4 aliphatic rings. The Morgan fingerprint density at radius 3 is 1.44 bits per heavy atom. The van der Waals surface area contributed by atoms with Crippen LogP contribution in [0.2, 0.25) is 0 Å². The minimum Gasteiger partial charge on any atom is -0.0584 e. The number of hydrogen-bond acceptors (Lipinski definition) is 0. The third-order valence-corrected chi connectivity index (χ3v) is 10.8. The molecule has 6 unspecified atom stereocenters. The van der Waals surface area contributed by atoms with Crippen molar-refractivity contribution in [2.24, 2.45) is 11.8 Å². The Morgan fingerprint density at radius 2 is 1.00 bits per heavy atom. The molecular weight excluding hydrogens is 520 g/mol. The van der Waals surface area contributed by atoms with Crippen molar-refractivity contribution in [1.82, 2.24) is 0 Å². The average Bonchev–Trinajstić information content (AvgIpc) is 2.92. The maximum absolute atomic E-state index is 4.03. The summed E-state index contributed by atoms with van der Waals surface area (Å²) in [7, 11) is 0. The number of benzene rings is 2. The van der Waals surface area contributed by atoms with E-state index in [2.05, 4.69) is 70.0 Å². The Morgan fingerprint density at radius 1 is 0.562 bits per heavy atom. The van der Waals surface area contributed by atoms with E-state index in [1.807, 2.05) is 0 Å². The fourth-order valence-electron chi connectivity index (χ4n) is 8.01. The fraction of sp³-hybridized carbons (Fsp3) is 0.600. The van der Waals surface area contributed by atoms with Gasteiger partial charge in [0.1, 0.15) is 0 Å². The lowest BCUT2D eigenvalue weighted by molar-refractivity contribution is 0.308. The quantitative estimate of drug-likeness (QED) is 0.328. The fourth-order valence-corrected chi connectivity index (χ4v) is 9.16. The van der Waals surface area contributed by atoms with Crippen LogP contribution >= 0.6 is 31.9 Å². The number of hydrogen-bond donors (Lipinski definition) is 0. The van der Waals surface area contributed by atoms with Crippen molar-refractivity contribution in [3.8, 4) is 11.1 Å². The summed E-state index contributed by atoms with van der Waals surface area (Å²) in [5, 5.41) is 0. The predicted octanol–water partition coefficient (Wildman–Crippen LogP) is 10.4. The van der Waals surface area contributed by atoms with Crippen LogP contribution in [-0.2, 0) is 0 Å². The summed E-state index contributed by atoms with van der Waals surface area (Å²) in [6, 6.07) is 10.1. The molecule has 0 radical (unpaired) electrons. The molecule has 2 aromatic rings. The van der Waals surface area contributed by atoms with Gasteiger partial charge in [-0.15, -0.1) is 0 Å². The molecule has 0 aromatic heterocycles. The summed E-state index contributed by atoms with van der Waals surface area (Å²) in [5.41, 5.74) is 9.32. The number of fused-ring (bicyclic) bond motifs is 8. The first kappa shape index (κ1) is 21.9. The van der Waals surface area contributed by atoms with Crippen molar-refractivity contribution in [3.63, 3.8) is 0 Å². The van der Waals surface area contributed by atoms with E-state index >= 15 is 0 Å². The van der Waals surface area contributed by atoms with Crippen LogP contribution in [0.3, 0.4) is 0 Å². The van der Waals surface area contributed by atoms with Crippen LogP contribution in [0.15, 0.2) is 33.2 Å². The van der Waals surface area contributed by atoms with Crippen molar-refractivity contribution >= 4 is 31.9 Å². The molecule has 0 aliphatic heterocycles. The first-order chi connectivity index (χ1) is 15.5. The highest BCUT2D eigenvalue weighted by atomic mass is 79.9. The molecule has 170 valence electrons. The molecule has 0 saturated heterocycles. The molecule has 2 heteroatoms. The molecule has 6 rings (SSSR count). The van der Waals surface area contributed by atoms with Crippen LogP contribution in [0.25, 0.3) is 11.1 Å². The van der Waals surface area contributed by atoms with Crippen molar-refractivity contribution in [3.05, 3.63) is 55.5 Å². The van der Waals surface area contributed by atoms with E-state index in [0.717, 1.165) is 23.7 Å². The van der Waals surface area contributed by atoms with Gasteiger partial charge in [0.25, 0.3) is 0 Å². The van der Waals surface area contributed by atoms with Crippen LogP contribution in [0, 0.1) is 11.8 Å². The summed E-state index contributed by atoms with van der Waals surface area (Å²) < 4.78 is 2.57. The maximum Gasteiger partial charge on any atom is 0.0257 e. The monoisotopic (exact) mass is 554 g/mol. The lowest BCUT2D eigenvalue weighted by Gasteiger charge is -2.28. The second-order valence-corrected chi connectivity index (χ2v) is 13.4. The van der Waals surface area contributed by atoms with Crippen LogP contribution in [-0.4, -0.2) is 0 Å². The molecule has 0 heterocycles. The zero-order valence-electron chi connectivity index (χ0n) is 19.6. The first-order valence-electron chi connectivity index (χ1n) is 13.1. The number of rotatable bonds is 1. The minimum absolute atomic E-state index is 0.669. The van der Waals surface area contributed by atoms with E-state index in [-0.39, 0.29) is 0 Å². The third-order valence-electron chi connectivity index (χ3n) is 9.52. The summed E-state index contributed by atoms with van der Waals surface area (Å²) in [6.07, 6.45) is 14.0. The summed E-state index contributed by atoms with van der Waals surface area (Å²) in [4.78, 5) is 0. The van der Waals surface area contributed by atoms with Crippen molar-refractivity contribution < 1.29 is 0 Å². The average molecular weight is 556 g/mol. The second-order valence-electron chi connectivity index (χ2n) is 11.7. The molecule has 2 aromatic carbocycles. The highest BCUT2D eigenvalue weighted by Crippen LogP contribution is 2.51. The highest BCUT2D eigenvalue weighted by molar-refractivity contribution is 9.11. The van der Waals surface area contributed by atoms with E-state index in [0.29, 0.717) is 11.8 Å². The van der Waals surface area contributed by atoms with Gasteiger partial charge in [-0.2, -0.15) is 0 Å². The molecule has 2 fully saturated rings. The molecule has 0 amide bonds.